The molecule has 0 spiro atoms. The zero-order valence-electron chi connectivity index (χ0n) is 10.1. The SMILES string of the molecule is CNN1CCC(N2CC(C)OC(C)C2)C1. The first-order valence-corrected chi connectivity index (χ1v) is 6.01. The lowest BCUT2D eigenvalue weighted by Crippen LogP contribution is -2.51. The third kappa shape index (κ3) is 2.69. The second-order valence-electron chi connectivity index (χ2n) is 4.82. The van der Waals surface area contributed by atoms with Gasteiger partial charge in [-0.2, -0.15) is 0 Å². The Bertz CT molecular complexity index is 202. The first-order chi connectivity index (χ1) is 7.19. The number of nitrogens with one attached hydrogen (secondary N) is 1. The van der Waals surface area contributed by atoms with Crippen LogP contribution >= 0.6 is 0 Å². The van der Waals surface area contributed by atoms with Crippen molar-refractivity contribution in [2.75, 3.05) is 33.2 Å². The molecular formula is C11H23N3O. The zero-order chi connectivity index (χ0) is 10.8. The van der Waals surface area contributed by atoms with Gasteiger partial charge < -0.3 is 4.74 Å². The Labute approximate surface area is 92.5 Å². The highest BCUT2D eigenvalue weighted by Gasteiger charge is 2.31. The van der Waals surface area contributed by atoms with Crippen LogP contribution in [-0.2, 0) is 4.74 Å². The van der Waals surface area contributed by atoms with E-state index in [1.54, 1.807) is 0 Å². The van der Waals surface area contributed by atoms with Crippen LogP contribution in [0, 0.1) is 0 Å². The fourth-order valence-electron chi connectivity index (χ4n) is 2.76. The zero-order valence-corrected chi connectivity index (χ0v) is 10.1. The van der Waals surface area contributed by atoms with Crippen molar-refractivity contribution in [1.29, 1.82) is 0 Å². The molecule has 0 bridgehead atoms. The Morgan fingerprint density at radius 2 is 1.80 bits per heavy atom. The summed E-state index contributed by atoms with van der Waals surface area (Å²) in [5, 5.41) is 2.30. The van der Waals surface area contributed by atoms with Crippen molar-refractivity contribution in [3.8, 4) is 0 Å². The van der Waals surface area contributed by atoms with Gasteiger partial charge in [-0.1, -0.05) is 0 Å². The van der Waals surface area contributed by atoms with Crippen LogP contribution in [0.1, 0.15) is 20.3 Å². The normalized spacial score (nSPS) is 39.8. The maximum atomic E-state index is 5.76. The van der Waals surface area contributed by atoms with Crippen LogP contribution in [0.2, 0.25) is 0 Å². The van der Waals surface area contributed by atoms with E-state index in [-0.39, 0.29) is 0 Å². The molecule has 2 rings (SSSR count). The van der Waals surface area contributed by atoms with Crippen molar-refractivity contribution >= 4 is 0 Å². The Morgan fingerprint density at radius 1 is 1.13 bits per heavy atom. The van der Waals surface area contributed by atoms with Gasteiger partial charge in [0, 0.05) is 32.2 Å². The highest BCUT2D eigenvalue weighted by molar-refractivity contribution is 4.85. The summed E-state index contributed by atoms with van der Waals surface area (Å²) in [6, 6.07) is 0.714. The average Bonchev–Trinajstić information content (AvgIpc) is 2.64. The van der Waals surface area contributed by atoms with Crippen LogP contribution in [0.15, 0.2) is 0 Å². The molecule has 3 unspecified atom stereocenters. The quantitative estimate of drug-likeness (QED) is 0.714. The van der Waals surface area contributed by atoms with Gasteiger partial charge in [0.2, 0.25) is 0 Å². The van der Waals surface area contributed by atoms with Gasteiger partial charge in [-0.05, 0) is 27.3 Å². The molecule has 2 fully saturated rings. The van der Waals surface area contributed by atoms with E-state index < -0.39 is 0 Å². The summed E-state index contributed by atoms with van der Waals surface area (Å²) < 4.78 is 5.76. The van der Waals surface area contributed by atoms with Crippen LogP contribution in [0.25, 0.3) is 0 Å². The molecule has 1 N–H and O–H groups in total. The summed E-state index contributed by atoms with van der Waals surface area (Å²) in [5.41, 5.74) is 3.23. The number of hydrogen-bond donors (Lipinski definition) is 1. The van der Waals surface area contributed by atoms with E-state index >= 15 is 0 Å². The van der Waals surface area contributed by atoms with E-state index in [9.17, 15) is 0 Å². The number of nitrogens with zero attached hydrogens (tertiary/aromatic N) is 2. The smallest absolute Gasteiger partial charge is 0.0678 e. The van der Waals surface area contributed by atoms with Crippen molar-refractivity contribution in [3.63, 3.8) is 0 Å². The maximum absolute atomic E-state index is 5.76. The summed E-state index contributed by atoms with van der Waals surface area (Å²) >= 11 is 0. The number of morpholine rings is 1. The first kappa shape index (κ1) is 11.3. The molecule has 2 aliphatic heterocycles. The summed E-state index contributed by atoms with van der Waals surface area (Å²) in [6.45, 7) is 8.84. The number of hydrazine groups is 1. The summed E-state index contributed by atoms with van der Waals surface area (Å²) in [5.74, 6) is 0. The minimum atomic E-state index is 0.386. The predicted molar refractivity (Wildman–Crippen MR) is 60.6 cm³/mol. The molecule has 88 valence electrons. The lowest BCUT2D eigenvalue weighted by Gasteiger charge is -2.38. The van der Waals surface area contributed by atoms with Gasteiger partial charge in [0.05, 0.1) is 12.2 Å². The minimum Gasteiger partial charge on any atom is -0.373 e. The third-order valence-corrected chi connectivity index (χ3v) is 3.44. The van der Waals surface area contributed by atoms with E-state index in [2.05, 4.69) is 29.2 Å². The molecule has 4 nitrogen and oxygen atoms in total. The first-order valence-electron chi connectivity index (χ1n) is 6.01. The van der Waals surface area contributed by atoms with Crippen molar-refractivity contribution in [2.24, 2.45) is 0 Å². The molecule has 0 aromatic heterocycles. The van der Waals surface area contributed by atoms with Crippen LogP contribution in [0.5, 0.6) is 0 Å². The molecule has 2 heterocycles. The fourth-order valence-corrected chi connectivity index (χ4v) is 2.76. The van der Waals surface area contributed by atoms with Crippen LogP contribution in [0.3, 0.4) is 0 Å². The minimum absolute atomic E-state index is 0.386. The molecule has 0 amide bonds. The van der Waals surface area contributed by atoms with Crippen molar-refractivity contribution in [2.45, 2.75) is 38.5 Å². The third-order valence-electron chi connectivity index (χ3n) is 3.44. The molecule has 4 heteroatoms. The molecule has 0 aliphatic carbocycles. The average molecular weight is 213 g/mol. The van der Waals surface area contributed by atoms with E-state index in [1.807, 2.05) is 7.05 Å². The van der Waals surface area contributed by atoms with Gasteiger partial charge in [0.1, 0.15) is 0 Å². The second-order valence-corrected chi connectivity index (χ2v) is 4.82. The number of rotatable bonds is 2. The molecule has 0 radical (unpaired) electrons. The maximum Gasteiger partial charge on any atom is 0.0678 e. The highest BCUT2D eigenvalue weighted by Crippen LogP contribution is 2.19. The van der Waals surface area contributed by atoms with Crippen LogP contribution < -0.4 is 5.43 Å². The molecule has 3 atom stereocenters. The molecule has 0 aromatic carbocycles. The summed E-state index contributed by atoms with van der Waals surface area (Å²) in [4.78, 5) is 2.59. The largest absolute Gasteiger partial charge is 0.373 e. The van der Waals surface area contributed by atoms with Crippen molar-refractivity contribution < 1.29 is 4.74 Å². The van der Waals surface area contributed by atoms with E-state index in [0.29, 0.717) is 18.2 Å². The standard InChI is InChI=1S/C11H23N3O/c1-9-6-13(7-10(2)15-9)11-4-5-14(8-11)12-3/h9-12H,4-8H2,1-3H3. The predicted octanol–water partition coefficient (Wildman–Crippen LogP) is 0.304. The fraction of sp³-hybridized carbons (Fsp3) is 1.00. The van der Waals surface area contributed by atoms with Gasteiger partial charge >= 0.3 is 0 Å². The Kier molecular flexibility index (Phi) is 3.61. The molecule has 0 saturated carbocycles. The van der Waals surface area contributed by atoms with E-state index in [0.717, 1.165) is 19.6 Å². The second kappa shape index (κ2) is 4.78. The topological polar surface area (TPSA) is 27.7 Å². The highest BCUT2D eigenvalue weighted by atomic mass is 16.5. The van der Waals surface area contributed by atoms with E-state index in [4.69, 9.17) is 4.74 Å². The number of hydrogen-bond acceptors (Lipinski definition) is 4. The van der Waals surface area contributed by atoms with Gasteiger partial charge in [-0.3, -0.25) is 10.3 Å². The Hall–Kier alpha value is -0.160. The number of ether oxygens (including phenoxy) is 1. The van der Waals surface area contributed by atoms with Crippen molar-refractivity contribution in [1.82, 2.24) is 15.3 Å². The molecule has 15 heavy (non-hydrogen) atoms. The molecule has 2 aliphatic rings. The van der Waals surface area contributed by atoms with Gasteiger partial charge in [0.25, 0.3) is 0 Å². The Balaban J connectivity index is 1.88. The monoisotopic (exact) mass is 213 g/mol. The Morgan fingerprint density at radius 3 is 2.33 bits per heavy atom. The van der Waals surface area contributed by atoms with Crippen LogP contribution in [0.4, 0.5) is 0 Å². The van der Waals surface area contributed by atoms with Gasteiger partial charge in [0.15, 0.2) is 0 Å². The van der Waals surface area contributed by atoms with Gasteiger partial charge in [-0.25, -0.2) is 5.01 Å². The van der Waals surface area contributed by atoms with Crippen LogP contribution in [-0.4, -0.2) is 61.4 Å². The van der Waals surface area contributed by atoms with Gasteiger partial charge in [-0.15, -0.1) is 0 Å². The lowest BCUT2D eigenvalue weighted by molar-refractivity contribution is -0.0793. The van der Waals surface area contributed by atoms with E-state index in [1.165, 1.54) is 13.0 Å². The molecule has 0 aromatic rings. The molecular weight excluding hydrogens is 190 g/mol. The summed E-state index contributed by atoms with van der Waals surface area (Å²) in [7, 11) is 2.01. The lowest BCUT2D eigenvalue weighted by atomic mass is 10.1. The summed E-state index contributed by atoms with van der Waals surface area (Å²) in [6.07, 6.45) is 2.05. The molecule has 2 saturated heterocycles. The van der Waals surface area contributed by atoms with Crippen molar-refractivity contribution in [3.05, 3.63) is 0 Å².